The lowest BCUT2D eigenvalue weighted by Gasteiger charge is -2.39. The lowest BCUT2D eigenvalue weighted by Crippen LogP contribution is -2.55. The van der Waals surface area contributed by atoms with Gasteiger partial charge in [0.2, 0.25) is 0 Å². The van der Waals surface area contributed by atoms with Crippen LogP contribution >= 0.6 is 11.3 Å². The van der Waals surface area contributed by atoms with Gasteiger partial charge >= 0.3 is 0 Å². The number of aliphatic hydroxyl groups excluding tert-OH is 4. The molecule has 0 spiro atoms. The van der Waals surface area contributed by atoms with Gasteiger partial charge in [0.15, 0.2) is 0 Å². The Morgan fingerprint density at radius 3 is 2.43 bits per heavy atom. The number of rotatable bonds is 6. The minimum absolute atomic E-state index is 0.431. The normalized spacial score (nSPS) is 26.8. The van der Waals surface area contributed by atoms with E-state index in [0.717, 1.165) is 33.6 Å². The van der Waals surface area contributed by atoms with E-state index in [1.807, 2.05) is 30.3 Å². The Bertz CT molecular complexity index is 983. The smallest absolute Gasteiger partial charge is 0.121 e. The maximum atomic E-state index is 10.4. The molecule has 160 valence electrons. The predicted molar refractivity (Wildman–Crippen MR) is 115 cm³/mol. The first-order chi connectivity index (χ1) is 14.5. The van der Waals surface area contributed by atoms with Crippen LogP contribution in [0.2, 0.25) is 0 Å². The highest BCUT2D eigenvalue weighted by molar-refractivity contribution is 7.19. The molecule has 3 aromatic rings. The van der Waals surface area contributed by atoms with E-state index in [-0.39, 0.29) is 0 Å². The summed E-state index contributed by atoms with van der Waals surface area (Å²) in [6.07, 6.45) is -3.96. The van der Waals surface area contributed by atoms with Crippen LogP contribution < -0.4 is 4.74 Å². The number of hydrogen-bond acceptors (Lipinski definition) is 7. The second-order valence-electron chi connectivity index (χ2n) is 7.58. The van der Waals surface area contributed by atoms with Gasteiger partial charge in [-0.15, -0.1) is 11.3 Å². The van der Waals surface area contributed by atoms with Crippen molar-refractivity contribution in [1.29, 1.82) is 0 Å². The Hall–Kier alpha value is -2.00. The summed E-state index contributed by atoms with van der Waals surface area (Å²) >= 11 is 1.49. The van der Waals surface area contributed by atoms with E-state index in [1.54, 1.807) is 7.11 Å². The summed E-state index contributed by atoms with van der Waals surface area (Å²) in [4.78, 5) is 0.763. The van der Waals surface area contributed by atoms with Gasteiger partial charge in [-0.3, -0.25) is 0 Å². The molecule has 1 aliphatic rings. The maximum absolute atomic E-state index is 10.4. The molecule has 6 nitrogen and oxygen atoms in total. The standard InChI is InChI=1S/C23H26O6S/c1-28-15-9-6-13(7-10-15)5-8-14-3-2-4-18-16(14)11-19(30-18)23-22(27)21(26)20(25)17(12-24)29-23/h2-4,6-7,9-11,17,20-27H,5,8,12H2,1H3/t17-,20-,21+,22-,23+/m1/s1. The molecule has 5 atom stereocenters. The first kappa shape index (κ1) is 21.2. The molecule has 1 saturated heterocycles. The first-order valence-electron chi connectivity index (χ1n) is 9.96. The Kier molecular flexibility index (Phi) is 6.38. The number of fused-ring (bicyclic) bond motifs is 1. The number of methoxy groups -OCH3 is 1. The van der Waals surface area contributed by atoms with Gasteiger partial charge in [-0.05, 0) is 53.6 Å². The molecule has 2 heterocycles. The summed E-state index contributed by atoms with van der Waals surface area (Å²) in [6, 6.07) is 16.1. The molecule has 30 heavy (non-hydrogen) atoms. The van der Waals surface area contributed by atoms with Crippen LogP contribution in [0.4, 0.5) is 0 Å². The van der Waals surface area contributed by atoms with Gasteiger partial charge in [0, 0.05) is 9.58 Å². The van der Waals surface area contributed by atoms with Crippen molar-refractivity contribution in [3.63, 3.8) is 0 Å². The molecule has 1 fully saturated rings. The molecule has 0 bridgehead atoms. The van der Waals surface area contributed by atoms with Gasteiger partial charge in [-0.1, -0.05) is 24.3 Å². The Balaban J connectivity index is 1.57. The van der Waals surface area contributed by atoms with Crippen molar-refractivity contribution in [2.75, 3.05) is 13.7 Å². The van der Waals surface area contributed by atoms with E-state index in [4.69, 9.17) is 9.47 Å². The first-order valence-corrected chi connectivity index (χ1v) is 10.8. The van der Waals surface area contributed by atoms with Crippen molar-refractivity contribution in [3.05, 3.63) is 64.5 Å². The third-order valence-electron chi connectivity index (χ3n) is 5.69. The van der Waals surface area contributed by atoms with E-state index in [0.29, 0.717) is 0 Å². The van der Waals surface area contributed by atoms with Crippen molar-refractivity contribution in [1.82, 2.24) is 0 Å². The average molecular weight is 431 g/mol. The zero-order valence-electron chi connectivity index (χ0n) is 16.6. The molecule has 0 saturated carbocycles. The number of thiophene rings is 1. The minimum atomic E-state index is -1.37. The molecule has 4 rings (SSSR count). The fraction of sp³-hybridized carbons (Fsp3) is 0.391. The lowest BCUT2D eigenvalue weighted by molar-refractivity contribution is -0.230. The van der Waals surface area contributed by atoms with E-state index >= 15 is 0 Å². The van der Waals surface area contributed by atoms with Crippen molar-refractivity contribution < 1.29 is 29.9 Å². The van der Waals surface area contributed by atoms with Crippen LogP contribution in [-0.4, -0.2) is 58.6 Å². The summed E-state index contributed by atoms with van der Waals surface area (Å²) < 4.78 is 12.0. The van der Waals surface area contributed by atoms with Crippen LogP contribution in [-0.2, 0) is 17.6 Å². The molecular weight excluding hydrogens is 404 g/mol. The maximum Gasteiger partial charge on any atom is 0.121 e. The van der Waals surface area contributed by atoms with Crippen molar-refractivity contribution in [3.8, 4) is 5.75 Å². The van der Waals surface area contributed by atoms with Gasteiger partial charge < -0.3 is 29.9 Å². The predicted octanol–water partition coefficient (Wildman–Crippen LogP) is 2.21. The molecule has 0 aliphatic carbocycles. The number of ether oxygens (including phenoxy) is 2. The molecule has 0 unspecified atom stereocenters. The van der Waals surface area contributed by atoms with Crippen LogP contribution in [0, 0.1) is 0 Å². The van der Waals surface area contributed by atoms with Crippen LogP contribution in [0.25, 0.3) is 10.1 Å². The molecule has 2 aromatic carbocycles. The minimum Gasteiger partial charge on any atom is -0.497 e. The Morgan fingerprint density at radius 1 is 0.967 bits per heavy atom. The molecule has 1 aromatic heterocycles. The summed E-state index contributed by atoms with van der Waals surface area (Å²) in [5.74, 6) is 0.836. The van der Waals surface area contributed by atoms with Crippen LogP contribution in [0.1, 0.15) is 22.1 Å². The summed E-state index contributed by atoms with van der Waals surface area (Å²) in [5, 5.41) is 41.1. The Labute approximate surface area is 178 Å². The summed E-state index contributed by atoms with van der Waals surface area (Å²) in [5.41, 5.74) is 2.41. The van der Waals surface area contributed by atoms with Crippen molar-refractivity contribution >= 4 is 21.4 Å². The highest BCUT2D eigenvalue weighted by atomic mass is 32.1. The molecule has 1 aliphatic heterocycles. The molecule has 0 radical (unpaired) electrons. The number of benzene rings is 2. The quantitative estimate of drug-likeness (QED) is 0.479. The third kappa shape index (κ3) is 4.09. The molecule has 4 N–H and O–H groups in total. The number of aliphatic hydroxyl groups is 4. The van der Waals surface area contributed by atoms with Crippen LogP contribution in [0.15, 0.2) is 48.5 Å². The van der Waals surface area contributed by atoms with Gasteiger partial charge in [0.25, 0.3) is 0 Å². The van der Waals surface area contributed by atoms with Gasteiger partial charge in [0.1, 0.15) is 36.3 Å². The van der Waals surface area contributed by atoms with E-state index in [9.17, 15) is 20.4 Å². The topological polar surface area (TPSA) is 99.4 Å². The molecular formula is C23H26O6S. The van der Waals surface area contributed by atoms with E-state index in [1.165, 1.54) is 22.5 Å². The third-order valence-corrected chi connectivity index (χ3v) is 6.85. The number of hydrogen-bond donors (Lipinski definition) is 4. The molecule has 7 heteroatoms. The number of aryl methyl sites for hydroxylation is 2. The average Bonchev–Trinajstić information content (AvgIpc) is 3.21. The second-order valence-corrected chi connectivity index (χ2v) is 8.69. The van der Waals surface area contributed by atoms with Crippen LogP contribution in [0.5, 0.6) is 5.75 Å². The van der Waals surface area contributed by atoms with Gasteiger partial charge in [-0.2, -0.15) is 0 Å². The van der Waals surface area contributed by atoms with Crippen molar-refractivity contribution in [2.45, 2.75) is 43.4 Å². The van der Waals surface area contributed by atoms with E-state index in [2.05, 4.69) is 18.2 Å². The second kappa shape index (κ2) is 9.01. The SMILES string of the molecule is COc1ccc(CCc2cccc3sc([C@@H]4O[C@H](CO)[C@@H](O)[C@H](O)[C@H]4O)cc23)cc1. The van der Waals surface area contributed by atoms with Crippen LogP contribution in [0.3, 0.4) is 0 Å². The summed E-state index contributed by atoms with van der Waals surface area (Å²) in [7, 11) is 1.65. The highest BCUT2D eigenvalue weighted by Crippen LogP contribution is 2.39. The highest BCUT2D eigenvalue weighted by Gasteiger charge is 2.44. The monoisotopic (exact) mass is 430 g/mol. The van der Waals surface area contributed by atoms with Crippen molar-refractivity contribution in [2.24, 2.45) is 0 Å². The summed E-state index contributed by atoms with van der Waals surface area (Å²) in [6.45, 7) is -0.431. The largest absolute Gasteiger partial charge is 0.497 e. The fourth-order valence-corrected chi connectivity index (χ4v) is 5.10. The lowest BCUT2D eigenvalue weighted by atomic mass is 9.94. The zero-order valence-corrected chi connectivity index (χ0v) is 17.5. The molecule has 0 amide bonds. The van der Waals surface area contributed by atoms with E-state index < -0.39 is 37.1 Å². The Morgan fingerprint density at radius 2 is 1.73 bits per heavy atom. The van der Waals surface area contributed by atoms with Gasteiger partial charge in [-0.25, -0.2) is 0 Å². The fourth-order valence-electron chi connectivity index (χ4n) is 3.91. The zero-order chi connectivity index (χ0) is 21.3. The van der Waals surface area contributed by atoms with Gasteiger partial charge in [0.05, 0.1) is 13.7 Å².